The number of hydrogen-bond donors (Lipinski definition) is 1. The largest absolute Gasteiger partial charge is 0.461 e. The van der Waals surface area contributed by atoms with Gasteiger partial charge in [-0.3, -0.25) is 14.5 Å². The van der Waals surface area contributed by atoms with Gasteiger partial charge in [0.2, 0.25) is 5.95 Å². The second-order valence-corrected chi connectivity index (χ2v) is 4.74. The smallest absolute Gasteiger partial charge is 0.427 e. The quantitative estimate of drug-likeness (QED) is 0.712. The van der Waals surface area contributed by atoms with Crippen LogP contribution in [0.3, 0.4) is 0 Å². The first-order valence-corrected chi connectivity index (χ1v) is 6.78. The molecule has 0 aliphatic carbocycles. The van der Waals surface area contributed by atoms with Crippen LogP contribution in [0.2, 0.25) is 0 Å². The molecular formula is C14H9F4N5O2. The number of hydrogen-bond acceptors (Lipinski definition) is 5. The zero-order valence-corrected chi connectivity index (χ0v) is 12.2. The minimum Gasteiger partial charge on any atom is -0.427 e. The summed E-state index contributed by atoms with van der Waals surface area (Å²) in [5.74, 6) is -1.56. The average Bonchev–Trinajstić information content (AvgIpc) is 3.04. The van der Waals surface area contributed by atoms with Crippen LogP contribution in [0, 0.1) is 0 Å². The van der Waals surface area contributed by atoms with Gasteiger partial charge in [-0.25, -0.2) is 4.98 Å². The predicted molar refractivity (Wildman–Crippen MR) is 76.8 cm³/mol. The fraction of sp³-hybridized carbons (Fsp3) is 0.143. The summed E-state index contributed by atoms with van der Waals surface area (Å²) >= 11 is 0. The third-order valence-electron chi connectivity index (χ3n) is 3.08. The van der Waals surface area contributed by atoms with E-state index in [1.54, 1.807) is 0 Å². The molecule has 0 spiro atoms. The molecule has 0 saturated carbocycles. The Labute approximate surface area is 137 Å². The molecule has 25 heavy (non-hydrogen) atoms. The molecule has 1 N–H and O–H groups in total. The monoisotopic (exact) mass is 355 g/mol. The van der Waals surface area contributed by atoms with Crippen molar-refractivity contribution in [3.8, 4) is 5.75 Å². The Morgan fingerprint density at radius 3 is 2.76 bits per heavy atom. The van der Waals surface area contributed by atoms with Crippen LogP contribution < -0.4 is 10.1 Å². The van der Waals surface area contributed by atoms with Crippen LogP contribution in [0.1, 0.15) is 10.4 Å². The van der Waals surface area contributed by atoms with Crippen LogP contribution in [-0.4, -0.2) is 38.0 Å². The zero-order valence-electron chi connectivity index (χ0n) is 12.2. The van der Waals surface area contributed by atoms with E-state index in [1.807, 2.05) is 0 Å². The molecule has 0 radical (unpaired) electrons. The molecule has 130 valence electrons. The number of rotatable bonds is 5. The van der Waals surface area contributed by atoms with Crippen molar-refractivity contribution in [2.75, 3.05) is 5.32 Å². The molecule has 11 heteroatoms. The fourth-order valence-electron chi connectivity index (χ4n) is 1.95. The van der Waals surface area contributed by atoms with Crippen LogP contribution in [-0.2, 0) is 0 Å². The number of nitrogens with zero attached hydrogens (tertiary/aromatic N) is 4. The van der Waals surface area contributed by atoms with Crippen molar-refractivity contribution in [2.24, 2.45) is 0 Å². The van der Waals surface area contributed by atoms with Gasteiger partial charge in [0.05, 0.1) is 5.56 Å². The lowest BCUT2D eigenvalue weighted by Crippen LogP contribution is -2.34. The average molecular weight is 355 g/mol. The van der Waals surface area contributed by atoms with Gasteiger partial charge in [-0.2, -0.15) is 17.6 Å². The first-order valence-electron chi connectivity index (χ1n) is 6.78. The van der Waals surface area contributed by atoms with Crippen LogP contribution in [0.25, 0.3) is 5.65 Å². The van der Waals surface area contributed by atoms with Gasteiger partial charge in [0, 0.05) is 12.3 Å². The summed E-state index contributed by atoms with van der Waals surface area (Å²) in [4.78, 5) is 16.3. The number of benzene rings is 1. The number of carbonyl (C=O) groups excluding carboxylic acids is 1. The van der Waals surface area contributed by atoms with E-state index in [1.165, 1.54) is 35.1 Å². The Bertz CT molecular complexity index is 915. The summed E-state index contributed by atoms with van der Waals surface area (Å²) in [5.41, 5.74) is 0.0220. The molecule has 0 unspecified atom stereocenters. The number of ether oxygens (including phenoxy) is 1. The summed E-state index contributed by atoms with van der Waals surface area (Å²) in [6, 6.07) is 6.31. The molecule has 3 aromatic rings. The molecule has 3 rings (SSSR count). The Hall–Kier alpha value is -3.24. The minimum atomic E-state index is -4.73. The topological polar surface area (TPSA) is 81.4 Å². The summed E-state index contributed by atoms with van der Waals surface area (Å²) in [5, 5.41) is 9.76. The molecule has 0 atom stereocenters. The van der Waals surface area contributed by atoms with Crippen molar-refractivity contribution in [1.82, 2.24) is 19.6 Å². The Kier molecular flexibility index (Phi) is 4.21. The highest BCUT2D eigenvalue weighted by atomic mass is 19.3. The fourth-order valence-corrected chi connectivity index (χ4v) is 1.95. The van der Waals surface area contributed by atoms with Crippen molar-refractivity contribution in [3.63, 3.8) is 0 Å². The predicted octanol–water partition coefficient (Wildman–Crippen LogP) is 2.61. The molecule has 0 saturated heterocycles. The first kappa shape index (κ1) is 16.6. The molecule has 0 bridgehead atoms. The van der Waals surface area contributed by atoms with E-state index >= 15 is 0 Å². The van der Waals surface area contributed by atoms with Crippen LogP contribution in [0.5, 0.6) is 5.75 Å². The zero-order chi connectivity index (χ0) is 18.0. The molecule has 7 nitrogen and oxygen atoms in total. The third-order valence-corrected chi connectivity index (χ3v) is 3.08. The molecule has 1 amide bonds. The minimum absolute atomic E-state index is 0.0166. The van der Waals surface area contributed by atoms with Crippen molar-refractivity contribution >= 4 is 17.5 Å². The number of amides is 1. The Morgan fingerprint density at radius 2 is 2.00 bits per heavy atom. The number of nitrogens with one attached hydrogen (secondary N) is 1. The number of carbonyl (C=O) groups is 1. The second-order valence-electron chi connectivity index (χ2n) is 4.74. The van der Waals surface area contributed by atoms with Gasteiger partial charge in [-0.05, 0) is 12.1 Å². The molecule has 2 heterocycles. The van der Waals surface area contributed by atoms with E-state index in [4.69, 9.17) is 0 Å². The maximum Gasteiger partial charge on any atom is 0.461 e. The highest BCUT2D eigenvalue weighted by molar-refractivity contribution is 6.05. The molecular weight excluding hydrogens is 346 g/mol. The maximum atomic E-state index is 13.1. The van der Waals surface area contributed by atoms with Crippen molar-refractivity contribution in [3.05, 3.63) is 48.4 Å². The van der Waals surface area contributed by atoms with Gasteiger partial charge in [-0.15, -0.1) is 10.2 Å². The second kappa shape index (κ2) is 6.34. The number of para-hydroxylation sites is 1. The maximum absolute atomic E-state index is 13.1. The van der Waals surface area contributed by atoms with Gasteiger partial charge >= 0.3 is 12.5 Å². The van der Waals surface area contributed by atoms with E-state index < -0.39 is 24.2 Å². The summed E-state index contributed by atoms with van der Waals surface area (Å²) in [7, 11) is 0. The molecule has 1 aromatic carbocycles. The molecule has 0 aliphatic rings. The standard InChI is InChI=1S/C14H9F4N5O2/c15-12(16)14(17,18)25-9-4-2-1-3-8(9)11(24)21-13-19-6-5-10-22-20-7-23(10)13/h1-7,12H,(H,19,21,24). The van der Waals surface area contributed by atoms with Gasteiger partial charge in [0.1, 0.15) is 12.1 Å². The molecule has 2 aromatic heterocycles. The SMILES string of the molecule is O=C(Nc1nccc2nncn12)c1ccccc1OC(F)(F)C(F)F. The van der Waals surface area contributed by atoms with Crippen LogP contribution in [0.4, 0.5) is 23.5 Å². The summed E-state index contributed by atoms with van der Waals surface area (Å²) in [6.07, 6.45) is -6.14. The first-order chi connectivity index (χ1) is 11.9. The van der Waals surface area contributed by atoms with Crippen LogP contribution in [0.15, 0.2) is 42.9 Å². The summed E-state index contributed by atoms with van der Waals surface area (Å²) in [6.45, 7) is 0. The molecule has 0 aliphatic heterocycles. The van der Waals surface area contributed by atoms with Crippen molar-refractivity contribution in [1.29, 1.82) is 0 Å². The van der Waals surface area contributed by atoms with E-state index in [0.29, 0.717) is 5.65 Å². The highest BCUT2D eigenvalue weighted by Gasteiger charge is 2.44. The summed E-state index contributed by atoms with van der Waals surface area (Å²) < 4.78 is 56.3. The van der Waals surface area contributed by atoms with E-state index in [0.717, 1.165) is 12.1 Å². The van der Waals surface area contributed by atoms with E-state index in [9.17, 15) is 22.4 Å². The molecule has 0 fully saturated rings. The van der Waals surface area contributed by atoms with Crippen molar-refractivity contribution < 1.29 is 27.1 Å². The lowest BCUT2D eigenvalue weighted by atomic mass is 10.2. The Balaban J connectivity index is 1.89. The lowest BCUT2D eigenvalue weighted by Gasteiger charge is -2.18. The lowest BCUT2D eigenvalue weighted by molar-refractivity contribution is -0.253. The third kappa shape index (κ3) is 3.34. The highest BCUT2D eigenvalue weighted by Crippen LogP contribution is 2.30. The van der Waals surface area contributed by atoms with Gasteiger partial charge in [-0.1, -0.05) is 12.1 Å². The van der Waals surface area contributed by atoms with Crippen LogP contribution >= 0.6 is 0 Å². The van der Waals surface area contributed by atoms with E-state index in [-0.39, 0.29) is 11.5 Å². The van der Waals surface area contributed by atoms with Gasteiger partial charge in [0.25, 0.3) is 5.91 Å². The normalized spacial score (nSPS) is 11.7. The van der Waals surface area contributed by atoms with E-state index in [2.05, 4.69) is 25.2 Å². The van der Waals surface area contributed by atoms with Gasteiger partial charge in [0.15, 0.2) is 5.65 Å². The van der Waals surface area contributed by atoms with Gasteiger partial charge < -0.3 is 4.74 Å². The van der Waals surface area contributed by atoms with Crippen molar-refractivity contribution in [2.45, 2.75) is 12.5 Å². The number of anilines is 1. The Morgan fingerprint density at radius 1 is 1.24 bits per heavy atom. The number of halogens is 4. The number of alkyl halides is 4. The number of fused-ring (bicyclic) bond motifs is 1. The number of aromatic nitrogens is 4.